The van der Waals surface area contributed by atoms with Crippen LogP contribution in [0.5, 0.6) is 0 Å². The molecule has 5 nitrogen and oxygen atoms in total. The lowest BCUT2D eigenvalue weighted by atomic mass is 10.1. The lowest BCUT2D eigenvalue weighted by Crippen LogP contribution is -2.23. The van der Waals surface area contributed by atoms with E-state index in [2.05, 4.69) is 5.32 Å². The van der Waals surface area contributed by atoms with Crippen LogP contribution < -0.4 is 16.8 Å². The molecule has 0 fully saturated rings. The second kappa shape index (κ2) is 5.64. The number of carbonyl (C=O) groups excluding carboxylic acids is 2. The highest BCUT2D eigenvalue weighted by Gasteiger charge is 2.16. The number of nitrogens with two attached hydrogens (primary N) is 2. The van der Waals surface area contributed by atoms with Crippen molar-refractivity contribution in [2.45, 2.75) is 0 Å². The first kappa shape index (κ1) is 13.3. The van der Waals surface area contributed by atoms with Crippen molar-refractivity contribution in [1.82, 2.24) is 0 Å². The Morgan fingerprint density at radius 1 is 1.21 bits per heavy atom. The van der Waals surface area contributed by atoms with Gasteiger partial charge in [-0.1, -0.05) is 30.3 Å². The minimum Gasteiger partial charge on any atom is -0.366 e. The molecule has 0 saturated heterocycles. The van der Waals surface area contributed by atoms with E-state index in [9.17, 15) is 9.59 Å². The van der Waals surface area contributed by atoms with Crippen molar-refractivity contribution in [2.75, 3.05) is 11.9 Å². The molecule has 0 aliphatic heterocycles. The van der Waals surface area contributed by atoms with Crippen molar-refractivity contribution in [3.63, 3.8) is 0 Å². The van der Waals surface area contributed by atoms with E-state index in [0.717, 1.165) is 10.4 Å². The van der Waals surface area contributed by atoms with E-state index in [1.54, 1.807) is 6.07 Å². The fourth-order valence-electron chi connectivity index (χ4n) is 1.59. The molecular weight excluding hydrogens is 262 g/mol. The van der Waals surface area contributed by atoms with Gasteiger partial charge >= 0.3 is 0 Å². The van der Waals surface area contributed by atoms with E-state index < -0.39 is 5.91 Å². The highest BCUT2D eigenvalue weighted by molar-refractivity contribution is 7.20. The van der Waals surface area contributed by atoms with E-state index in [-0.39, 0.29) is 12.5 Å². The number of hydrogen-bond acceptors (Lipinski definition) is 4. The first-order valence-electron chi connectivity index (χ1n) is 5.61. The van der Waals surface area contributed by atoms with Gasteiger partial charge in [0, 0.05) is 4.88 Å². The number of anilines is 1. The van der Waals surface area contributed by atoms with Crippen molar-refractivity contribution in [2.24, 2.45) is 11.5 Å². The van der Waals surface area contributed by atoms with Crippen LogP contribution in [-0.2, 0) is 4.79 Å². The quantitative estimate of drug-likeness (QED) is 0.786. The van der Waals surface area contributed by atoms with Crippen LogP contribution in [0.25, 0.3) is 10.4 Å². The van der Waals surface area contributed by atoms with Gasteiger partial charge in [-0.2, -0.15) is 0 Å². The molecule has 1 aromatic heterocycles. The van der Waals surface area contributed by atoms with Crippen molar-refractivity contribution in [3.05, 3.63) is 42.0 Å². The van der Waals surface area contributed by atoms with Gasteiger partial charge < -0.3 is 16.8 Å². The summed E-state index contributed by atoms with van der Waals surface area (Å²) >= 11 is 1.30. The molecule has 2 aromatic rings. The zero-order chi connectivity index (χ0) is 13.8. The predicted molar refractivity (Wildman–Crippen MR) is 76.0 cm³/mol. The number of carbonyl (C=O) groups is 2. The fourth-order valence-corrected chi connectivity index (χ4v) is 2.67. The third-order valence-electron chi connectivity index (χ3n) is 2.49. The summed E-state index contributed by atoms with van der Waals surface area (Å²) in [7, 11) is 0. The topological polar surface area (TPSA) is 98.2 Å². The molecule has 2 rings (SSSR count). The zero-order valence-electron chi connectivity index (χ0n) is 10.1. The normalized spacial score (nSPS) is 10.2. The summed E-state index contributed by atoms with van der Waals surface area (Å²) in [4.78, 5) is 23.6. The highest BCUT2D eigenvalue weighted by Crippen LogP contribution is 2.35. The Kier molecular flexibility index (Phi) is 3.94. The standard InChI is InChI=1S/C13H13N3O2S/c14-7-11(17)16-13-9(12(15)18)6-10(19-13)8-4-2-1-3-5-8/h1-6H,7,14H2,(H2,15,18)(H,16,17). The van der Waals surface area contributed by atoms with Crippen LogP contribution in [0.2, 0.25) is 0 Å². The Hall–Kier alpha value is -2.18. The van der Waals surface area contributed by atoms with Gasteiger partial charge in [0.1, 0.15) is 5.00 Å². The van der Waals surface area contributed by atoms with Crippen LogP contribution >= 0.6 is 11.3 Å². The summed E-state index contributed by atoms with van der Waals surface area (Å²) < 4.78 is 0. The van der Waals surface area contributed by atoms with Gasteiger partial charge in [-0.3, -0.25) is 9.59 Å². The van der Waals surface area contributed by atoms with Gasteiger partial charge in [0.15, 0.2) is 0 Å². The van der Waals surface area contributed by atoms with Crippen molar-refractivity contribution in [1.29, 1.82) is 0 Å². The first-order valence-corrected chi connectivity index (χ1v) is 6.42. The molecule has 2 amide bonds. The Morgan fingerprint density at radius 2 is 1.89 bits per heavy atom. The molecule has 0 bridgehead atoms. The third-order valence-corrected chi connectivity index (χ3v) is 3.59. The third kappa shape index (κ3) is 2.98. The van der Waals surface area contributed by atoms with Gasteiger partial charge in [0.25, 0.3) is 5.91 Å². The largest absolute Gasteiger partial charge is 0.366 e. The lowest BCUT2D eigenvalue weighted by molar-refractivity contribution is -0.114. The number of thiophene rings is 1. The molecule has 0 unspecified atom stereocenters. The van der Waals surface area contributed by atoms with Crippen LogP contribution in [0, 0.1) is 0 Å². The molecule has 98 valence electrons. The maximum Gasteiger partial charge on any atom is 0.251 e. The van der Waals surface area contributed by atoms with E-state index in [1.807, 2.05) is 30.3 Å². The van der Waals surface area contributed by atoms with Crippen LogP contribution in [0.4, 0.5) is 5.00 Å². The second-order valence-electron chi connectivity index (χ2n) is 3.84. The molecule has 19 heavy (non-hydrogen) atoms. The van der Waals surface area contributed by atoms with Gasteiger partial charge in [-0.25, -0.2) is 0 Å². The predicted octanol–water partition coefficient (Wildman–Crippen LogP) is 1.41. The van der Waals surface area contributed by atoms with Gasteiger partial charge in [0.2, 0.25) is 5.91 Å². The Balaban J connectivity index is 2.41. The maximum atomic E-state index is 11.4. The second-order valence-corrected chi connectivity index (χ2v) is 4.89. The number of rotatable bonds is 4. The Labute approximate surface area is 114 Å². The molecule has 0 aliphatic carbocycles. The van der Waals surface area contributed by atoms with Gasteiger partial charge in [-0.15, -0.1) is 11.3 Å². The highest BCUT2D eigenvalue weighted by atomic mass is 32.1. The minimum absolute atomic E-state index is 0.142. The van der Waals surface area contributed by atoms with Crippen LogP contribution in [0.1, 0.15) is 10.4 Å². The zero-order valence-corrected chi connectivity index (χ0v) is 10.9. The summed E-state index contributed by atoms with van der Waals surface area (Å²) in [5, 5.41) is 3.02. The minimum atomic E-state index is -0.578. The molecule has 1 heterocycles. The average Bonchev–Trinajstić information content (AvgIpc) is 2.83. The smallest absolute Gasteiger partial charge is 0.251 e. The van der Waals surface area contributed by atoms with Crippen LogP contribution in [0.15, 0.2) is 36.4 Å². The molecule has 0 aliphatic rings. The summed E-state index contributed by atoms with van der Waals surface area (Å²) in [6.07, 6.45) is 0. The summed E-state index contributed by atoms with van der Waals surface area (Å²) in [5.74, 6) is -0.935. The SMILES string of the molecule is NCC(=O)Nc1sc(-c2ccccc2)cc1C(N)=O. The first-order chi connectivity index (χ1) is 9.11. The molecule has 0 spiro atoms. The molecular formula is C13H13N3O2S. The average molecular weight is 275 g/mol. The van der Waals surface area contributed by atoms with Gasteiger partial charge in [-0.05, 0) is 11.6 Å². The fraction of sp³-hybridized carbons (Fsp3) is 0.0769. The Morgan fingerprint density at radius 3 is 2.47 bits per heavy atom. The van der Waals surface area contributed by atoms with Gasteiger partial charge in [0.05, 0.1) is 12.1 Å². The van der Waals surface area contributed by atoms with Crippen LogP contribution in [0.3, 0.4) is 0 Å². The molecule has 0 atom stereocenters. The van der Waals surface area contributed by atoms with E-state index in [4.69, 9.17) is 11.5 Å². The lowest BCUT2D eigenvalue weighted by Gasteiger charge is -2.01. The maximum absolute atomic E-state index is 11.4. The van der Waals surface area contributed by atoms with Crippen molar-refractivity contribution < 1.29 is 9.59 Å². The number of primary amides is 1. The molecule has 0 saturated carbocycles. The van der Waals surface area contributed by atoms with E-state index >= 15 is 0 Å². The molecule has 0 radical (unpaired) electrons. The number of hydrogen-bond donors (Lipinski definition) is 3. The van der Waals surface area contributed by atoms with Crippen molar-refractivity contribution in [3.8, 4) is 10.4 Å². The van der Waals surface area contributed by atoms with Crippen molar-refractivity contribution >= 4 is 28.2 Å². The van der Waals surface area contributed by atoms with E-state index in [1.165, 1.54) is 11.3 Å². The molecule has 5 N–H and O–H groups in total. The number of amides is 2. The summed E-state index contributed by atoms with van der Waals surface area (Å²) in [6, 6.07) is 11.2. The summed E-state index contributed by atoms with van der Waals surface area (Å²) in [6.45, 7) is -0.142. The van der Waals surface area contributed by atoms with Crippen LogP contribution in [-0.4, -0.2) is 18.4 Å². The number of benzene rings is 1. The summed E-state index contributed by atoms with van der Waals surface area (Å²) in [5.41, 5.74) is 11.8. The van der Waals surface area contributed by atoms with E-state index in [0.29, 0.717) is 10.6 Å². The Bertz CT molecular complexity index is 608. The number of nitrogens with one attached hydrogen (secondary N) is 1. The molecule has 1 aromatic carbocycles. The molecule has 6 heteroatoms. The monoisotopic (exact) mass is 275 g/mol.